The van der Waals surface area contributed by atoms with Crippen LogP contribution in [-0.4, -0.2) is 27.1 Å². The van der Waals surface area contributed by atoms with E-state index in [1.54, 1.807) is 6.20 Å². The van der Waals surface area contributed by atoms with Gasteiger partial charge >= 0.3 is 5.97 Å². The van der Waals surface area contributed by atoms with Crippen molar-refractivity contribution in [1.82, 2.24) is 15.3 Å². The second kappa shape index (κ2) is 5.63. The summed E-state index contributed by atoms with van der Waals surface area (Å²) in [5.41, 5.74) is 2.04. The second-order valence-electron chi connectivity index (χ2n) is 5.50. The summed E-state index contributed by atoms with van der Waals surface area (Å²) in [6, 6.07) is 6.50. The van der Waals surface area contributed by atoms with Gasteiger partial charge in [0, 0.05) is 29.9 Å². The maximum absolute atomic E-state index is 10.9. The van der Waals surface area contributed by atoms with Gasteiger partial charge in [0.15, 0.2) is 0 Å². The predicted molar refractivity (Wildman–Crippen MR) is 76.3 cm³/mol. The van der Waals surface area contributed by atoms with Crippen LogP contribution in [0, 0.1) is 5.92 Å². The average molecular weight is 273 g/mol. The zero-order valence-corrected chi connectivity index (χ0v) is 11.3. The van der Waals surface area contributed by atoms with Gasteiger partial charge in [0.1, 0.15) is 5.65 Å². The first-order valence-corrected chi connectivity index (χ1v) is 7.11. The summed E-state index contributed by atoms with van der Waals surface area (Å²) < 4.78 is 0. The Balaban J connectivity index is 1.54. The highest BCUT2D eigenvalue weighted by molar-refractivity contribution is 5.76. The molecule has 2 aromatic heterocycles. The smallest absolute Gasteiger partial charge is 0.306 e. The lowest BCUT2D eigenvalue weighted by Crippen LogP contribution is -2.34. The van der Waals surface area contributed by atoms with Gasteiger partial charge in [0.05, 0.1) is 5.92 Å². The highest BCUT2D eigenvalue weighted by Crippen LogP contribution is 2.24. The summed E-state index contributed by atoms with van der Waals surface area (Å²) >= 11 is 0. The Hall–Kier alpha value is -1.88. The zero-order valence-electron chi connectivity index (χ0n) is 11.3. The Labute approximate surface area is 117 Å². The number of aliphatic carboxylic acids is 1. The Morgan fingerprint density at radius 3 is 2.90 bits per heavy atom. The summed E-state index contributed by atoms with van der Waals surface area (Å²) in [6.45, 7) is 0.777. The largest absolute Gasteiger partial charge is 0.481 e. The number of nitrogens with one attached hydrogen (secondary N) is 2. The van der Waals surface area contributed by atoms with Crippen molar-refractivity contribution < 1.29 is 9.90 Å². The summed E-state index contributed by atoms with van der Waals surface area (Å²) in [4.78, 5) is 18.5. The van der Waals surface area contributed by atoms with Crippen LogP contribution in [-0.2, 0) is 11.3 Å². The lowest BCUT2D eigenvalue weighted by molar-refractivity contribution is -0.142. The van der Waals surface area contributed by atoms with Crippen LogP contribution in [0.2, 0.25) is 0 Å². The van der Waals surface area contributed by atoms with Gasteiger partial charge < -0.3 is 15.4 Å². The van der Waals surface area contributed by atoms with E-state index in [0.29, 0.717) is 6.04 Å². The van der Waals surface area contributed by atoms with Gasteiger partial charge in [-0.25, -0.2) is 4.98 Å². The minimum atomic E-state index is -0.648. The van der Waals surface area contributed by atoms with Crippen molar-refractivity contribution in [3.05, 3.63) is 30.1 Å². The molecule has 0 atom stereocenters. The first kappa shape index (κ1) is 13.1. The molecule has 2 aromatic rings. The van der Waals surface area contributed by atoms with Crippen molar-refractivity contribution in [3.8, 4) is 0 Å². The average Bonchev–Trinajstić information content (AvgIpc) is 2.88. The molecule has 5 heteroatoms. The highest BCUT2D eigenvalue weighted by atomic mass is 16.4. The Morgan fingerprint density at radius 1 is 1.40 bits per heavy atom. The van der Waals surface area contributed by atoms with Crippen LogP contribution in [0.5, 0.6) is 0 Å². The molecule has 20 heavy (non-hydrogen) atoms. The molecule has 1 fully saturated rings. The van der Waals surface area contributed by atoms with Crippen molar-refractivity contribution in [2.45, 2.75) is 38.3 Å². The number of nitrogens with zero attached hydrogens (tertiary/aromatic N) is 1. The van der Waals surface area contributed by atoms with Crippen LogP contribution in [0.4, 0.5) is 0 Å². The molecule has 0 bridgehead atoms. The zero-order chi connectivity index (χ0) is 13.9. The molecule has 0 spiro atoms. The number of aromatic nitrogens is 2. The van der Waals surface area contributed by atoms with Crippen molar-refractivity contribution >= 4 is 17.0 Å². The second-order valence-corrected chi connectivity index (χ2v) is 5.50. The molecule has 1 aliphatic carbocycles. The van der Waals surface area contributed by atoms with E-state index < -0.39 is 5.97 Å². The molecule has 3 rings (SSSR count). The lowest BCUT2D eigenvalue weighted by Gasteiger charge is -2.26. The Morgan fingerprint density at radius 2 is 2.20 bits per heavy atom. The number of H-pyrrole nitrogens is 1. The minimum absolute atomic E-state index is 0.148. The van der Waals surface area contributed by atoms with Crippen LogP contribution in [0.3, 0.4) is 0 Å². The monoisotopic (exact) mass is 273 g/mol. The van der Waals surface area contributed by atoms with Gasteiger partial charge in [-0.05, 0) is 43.9 Å². The van der Waals surface area contributed by atoms with Crippen LogP contribution in [0.15, 0.2) is 24.4 Å². The Bertz CT molecular complexity index is 567. The molecule has 1 saturated carbocycles. The van der Waals surface area contributed by atoms with Crippen molar-refractivity contribution in [1.29, 1.82) is 0 Å². The number of carboxylic acid groups (broad SMARTS) is 1. The molecule has 3 N–H and O–H groups in total. The highest BCUT2D eigenvalue weighted by Gasteiger charge is 2.25. The predicted octanol–water partition coefficient (Wildman–Crippen LogP) is 2.30. The molecule has 2 heterocycles. The minimum Gasteiger partial charge on any atom is -0.481 e. The third-order valence-electron chi connectivity index (χ3n) is 4.11. The van der Waals surface area contributed by atoms with Gasteiger partial charge in [-0.3, -0.25) is 4.79 Å². The lowest BCUT2D eigenvalue weighted by atomic mass is 9.86. The van der Waals surface area contributed by atoms with Crippen LogP contribution >= 0.6 is 0 Å². The van der Waals surface area contributed by atoms with E-state index in [-0.39, 0.29) is 5.92 Å². The molecule has 0 saturated heterocycles. The molecular weight excluding hydrogens is 254 g/mol. The molecule has 0 radical (unpaired) electrons. The summed E-state index contributed by atoms with van der Waals surface area (Å²) in [7, 11) is 0. The Kier molecular flexibility index (Phi) is 3.69. The van der Waals surface area contributed by atoms with Gasteiger partial charge in [0.25, 0.3) is 0 Å². The van der Waals surface area contributed by atoms with Crippen molar-refractivity contribution in [3.63, 3.8) is 0 Å². The molecule has 0 aliphatic heterocycles. The van der Waals surface area contributed by atoms with E-state index in [1.807, 2.05) is 12.1 Å². The molecular formula is C15H19N3O2. The van der Waals surface area contributed by atoms with Crippen molar-refractivity contribution in [2.24, 2.45) is 5.92 Å². The topological polar surface area (TPSA) is 78.0 Å². The van der Waals surface area contributed by atoms with E-state index in [0.717, 1.165) is 49.0 Å². The number of pyridine rings is 1. The number of aromatic amines is 1. The third kappa shape index (κ3) is 2.82. The van der Waals surface area contributed by atoms with E-state index in [4.69, 9.17) is 5.11 Å². The maximum Gasteiger partial charge on any atom is 0.306 e. The van der Waals surface area contributed by atoms with Crippen LogP contribution in [0.1, 0.15) is 31.4 Å². The molecule has 0 unspecified atom stereocenters. The van der Waals surface area contributed by atoms with E-state index in [2.05, 4.69) is 21.4 Å². The van der Waals surface area contributed by atoms with E-state index in [1.165, 1.54) is 0 Å². The van der Waals surface area contributed by atoms with Crippen LogP contribution in [0.25, 0.3) is 11.0 Å². The summed E-state index contributed by atoms with van der Waals surface area (Å²) in [5, 5.41) is 13.6. The fourth-order valence-corrected chi connectivity index (χ4v) is 2.91. The maximum atomic E-state index is 10.9. The van der Waals surface area contributed by atoms with Crippen molar-refractivity contribution in [2.75, 3.05) is 0 Å². The summed E-state index contributed by atoms with van der Waals surface area (Å²) in [6.07, 6.45) is 5.22. The van der Waals surface area contributed by atoms with Gasteiger partial charge in [0.2, 0.25) is 0 Å². The van der Waals surface area contributed by atoms with E-state index >= 15 is 0 Å². The third-order valence-corrected chi connectivity index (χ3v) is 4.11. The van der Waals surface area contributed by atoms with Gasteiger partial charge in [-0.15, -0.1) is 0 Å². The fraction of sp³-hybridized carbons (Fsp3) is 0.467. The standard InChI is InChI=1S/C15H19N3O2/c19-15(20)10-3-5-12(6-4-10)17-9-13-8-11-2-1-7-16-14(11)18-13/h1-2,7-8,10,12,17H,3-6,9H2,(H,16,18)(H,19,20). The SMILES string of the molecule is O=C(O)C1CCC(NCc2cc3cccnc3[nH]2)CC1. The normalized spacial score (nSPS) is 23.0. The van der Waals surface area contributed by atoms with Gasteiger partial charge in [-0.1, -0.05) is 0 Å². The molecule has 1 aliphatic rings. The van der Waals surface area contributed by atoms with E-state index in [9.17, 15) is 4.79 Å². The number of hydrogen-bond donors (Lipinski definition) is 3. The molecule has 106 valence electrons. The fourth-order valence-electron chi connectivity index (χ4n) is 2.91. The van der Waals surface area contributed by atoms with Crippen LogP contribution < -0.4 is 5.32 Å². The number of fused-ring (bicyclic) bond motifs is 1. The molecule has 5 nitrogen and oxygen atoms in total. The number of carboxylic acids is 1. The number of rotatable bonds is 4. The summed E-state index contributed by atoms with van der Waals surface area (Å²) in [5.74, 6) is -0.796. The van der Waals surface area contributed by atoms with Gasteiger partial charge in [-0.2, -0.15) is 0 Å². The quantitative estimate of drug-likeness (QED) is 0.798. The number of carbonyl (C=O) groups is 1. The molecule has 0 amide bonds. The first-order valence-electron chi connectivity index (χ1n) is 7.11. The number of hydrogen-bond acceptors (Lipinski definition) is 3. The first-order chi connectivity index (χ1) is 9.72. The molecule has 0 aromatic carbocycles.